The van der Waals surface area contributed by atoms with Gasteiger partial charge in [-0.2, -0.15) is 5.26 Å². The molecule has 2 atom stereocenters. The number of hydrogen-bond donors (Lipinski definition) is 2. The number of imidazole rings is 1. The van der Waals surface area contributed by atoms with Crippen LogP contribution in [0.5, 0.6) is 5.75 Å². The van der Waals surface area contributed by atoms with E-state index >= 15 is 0 Å². The lowest BCUT2D eigenvalue weighted by atomic mass is 10.00. The van der Waals surface area contributed by atoms with E-state index in [0.29, 0.717) is 24.6 Å². The van der Waals surface area contributed by atoms with Gasteiger partial charge in [0.2, 0.25) is 5.91 Å². The third kappa shape index (κ3) is 4.21. The summed E-state index contributed by atoms with van der Waals surface area (Å²) in [5.74, 6) is 1.02. The summed E-state index contributed by atoms with van der Waals surface area (Å²) >= 11 is 0. The summed E-state index contributed by atoms with van der Waals surface area (Å²) in [4.78, 5) is 18.7. The molecular weight excluding hydrogens is 440 g/mol. The molecule has 1 aliphatic carbocycles. The van der Waals surface area contributed by atoms with Gasteiger partial charge in [0.05, 0.1) is 23.1 Å². The predicted octanol–water partition coefficient (Wildman–Crippen LogP) is 3.22. The Balaban J connectivity index is 1.38. The van der Waals surface area contributed by atoms with Gasteiger partial charge in [-0.25, -0.2) is 4.98 Å². The number of carbonyl (C=O) groups excluding carboxylic acids is 1. The first-order valence-corrected chi connectivity index (χ1v) is 12.5. The average Bonchev–Trinajstić information content (AvgIpc) is 3.49. The molecule has 6 rings (SSSR count). The minimum absolute atomic E-state index is 0.0842. The zero-order chi connectivity index (χ0) is 23.9. The molecule has 3 aromatic rings. The number of benzene rings is 2. The van der Waals surface area contributed by atoms with Crippen molar-refractivity contribution < 1.29 is 9.53 Å². The van der Waals surface area contributed by atoms with Crippen molar-refractivity contribution in [3.8, 4) is 22.9 Å². The fourth-order valence-electron chi connectivity index (χ4n) is 5.26. The van der Waals surface area contributed by atoms with Crippen LogP contribution in [0.15, 0.2) is 36.7 Å². The molecule has 1 aromatic heterocycles. The number of fused-ring (bicyclic) bond motifs is 1. The number of anilines is 1. The van der Waals surface area contributed by atoms with E-state index in [1.165, 1.54) is 0 Å². The number of aromatic nitrogens is 2. The van der Waals surface area contributed by atoms with Crippen molar-refractivity contribution in [3.63, 3.8) is 0 Å². The fraction of sp³-hybridized carbons (Fsp3) is 0.444. The monoisotopic (exact) mass is 470 g/mol. The van der Waals surface area contributed by atoms with E-state index in [0.717, 1.165) is 72.6 Å². The molecule has 2 aromatic carbocycles. The van der Waals surface area contributed by atoms with Crippen molar-refractivity contribution in [2.45, 2.75) is 38.3 Å². The molecule has 8 nitrogen and oxygen atoms in total. The first-order chi connectivity index (χ1) is 17.1. The van der Waals surface area contributed by atoms with Gasteiger partial charge in [-0.15, -0.1) is 0 Å². The summed E-state index contributed by atoms with van der Waals surface area (Å²) < 4.78 is 8.77. The van der Waals surface area contributed by atoms with E-state index < -0.39 is 0 Å². The van der Waals surface area contributed by atoms with Crippen LogP contribution in [0.3, 0.4) is 0 Å². The molecule has 8 heteroatoms. The standard InChI is InChI=1S/C27H30N6O2/c1-17(21-13-26(34)30-15-21)35-25-12-19(11-23-27(25)33(16-31-23)22-3-4-22)18-2-5-24(20(10-18)14-28)32-8-6-29-7-9-32/h2,5,10-12,16-17,21-22,29H,3-4,6-9,13,15H2,1H3,(H,30,34)/t17-,21-/m1/s1. The number of nitrogens with one attached hydrogen (secondary N) is 2. The lowest BCUT2D eigenvalue weighted by Gasteiger charge is -2.30. The lowest BCUT2D eigenvalue weighted by Crippen LogP contribution is -2.43. The number of piperazine rings is 1. The predicted molar refractivity (Wildman–Crippen MR) is 134 cm³/mol. The summed E-state index contributed by atoms with van der Waals surface area (Å²) in [6, 6.07) is 13.2. The Hall–Kier alpha value is -3.57. The van der Waals surface area contributed by atoms with Crippen molar-refractivity contribution in [1.29, 1.82) is 5.26 Å². The van der Waals surface area contributed by atoms with E-state index in [1.54, 1.807) is 0 Å². The minimum atomic E-state index is -0.111. The Morgan fingerprint density at radius 1 is 1.17 bits per heavy atom. The minimum Gasteiger partial charge on any atom is -0.488 e. The Morgan fingerprint density at radius 2 is 2.00 bits per heavy atom. The van der Waals surface area contributed by atoms with Crippen molar-refractivity contribution in [1.82, 2.24) is 20.2 Å². The fourth-order valence-corrected chi connectivity index (χ4v) is 5.26. The second kappa shape index (κ2) is 8.90. The van der Waals surface area contributed by atoms with Crippen LogP contribution < -0.4 is 20.3 Å². The van der Waals surface area contributed by atoms with Crippen LogP contribution in [0.1, 0.15) is 37.8 Å². The van der Waals surface area contributed by atoms with Gasteiger partial charge in [0, 0.05) is 51.1 Å². The second-order valence-electron chi connectivity index (χ2n) is 9.90. The van der Waals surface area contributed by atoms with Crippen LogP contribution in [-0.4, -0.2) is 54.3 Å². The molecule has 35 heavy (non-hydrogen) atoms. The molecule has 0 radical (unpaired) electrons. The summed E-state index contributed by atoms with van der Waals surface area (Å²) in [7, 11) is 0. The maximum Gasteiger partial charge on any atom is 0.220 e. The number of ether oxygens (including phenoxy) is 1. The van der Waals surface area contributed by atoms with E-state index in [4.69, 9.17) is 9.72 Å². The largest absolute Gasteiger partial charge is 0.488 e. The highest BCUT2D eigenvalue weighted by Gasteiger charge is 2.30. The van der Waals surface area contributed by atoms with Gasteiger partial charge in [0.25, 0.3) is 0 Å². The van der Waals surface area contributed by atoms with E-state index in [-0.39, 0.29) is 17.9 Å². The first-order valence-electron chi connectivity index (χ1n) is 12.5. The third-order valence-corrected chi connectivity index (χ3v) is 7.47. The van der Waals surface area contributed by atoms with Crippen molar-refractivity contribution in [2.24, 2.45) is 5.92 Å². The van der Waals surface area contributed by atoms with Crippen molar-refractivity contribution >= 4 is 22.6 Å². The highest BCUT2D eigenvalue weighted by Crippen LogP contribution is 2.42. The Bertz CT molecular complexity index is 1320. The van der Waals surface area contributed by atoms with Gasteiger partial charge in [-0.1, -0.05) is 6.07 Å². The van der Waals surface area contributed by atoms with E-state index in [9.17, 15) is 10.1 Å². The number of nitrogens with zero attached hydrogens (tertiary/aromatic N) is 4. The number of carbonyl (C=O) groups is 1. The molecule has 0 unspecified atom stereocenters. The van der Waals surface area contributed by atoms with E-state index in [2.05, 4.69) is 50.4 Å². The molecule has 0 bridgehead atoms. The molecular formula is C27H30N6O2. The summed E-state index contributed by atoms with van der Waals surface area (Å²) in [5, 5.41) is 16.2. The van der Waals surface area contributed by atoms with Crippen LogP contribution in [0, 0.1) is 17.2 Å². The summed E-state index contributed by atoms with van der Waals surface area (Å²) in [5.41, 5.74) is 5.52. The SMILES string of the molecule is C[C@@H](Oc1cc(-c2ccc(N3CCNCC3)c(C#N)c2)cc2ncn(C3CC3)c12)[C@H]1CNC(=O)C1. The van der Waals surface area contributed by atoms with Crippen LogP contribution >= 0.6 is 0 Å². The van der Waals surface area contributed by atoms with Gasteiger partial charge in [0.1, 0.15) is 23.4 Å². The number of nitriles is 1. The topological polar surface area (TPSA) is 95.2 Å². The highest BCUT2D eigenvalue weighted by molar-refractivity contribution is 5.89. The Morgan fingerprint density at radius 3 is 2.71 bits per heavy atom. The highest BCUT2D eigenvalue weighted by atomic mass is 16.5. The summed E-state index contributed by atoms with van der Waals surface area (Å²) in [6.07, 6.45) is 4.60. The van der Waals surface area contributed by atoms with Gasteiger partial charge in [0.15, 0.2) is 0 Å². The van der Waals surface area contributed by atoms with E-state index in [1.807, 2.05) is 19.3 Å². The van der Waals surface area contributed by atoms with Crippen LogP contribution in [0.2, 0.25) is 0 Å². The smallest absolute Gasteiger partial charge is 0.220 e. The first kappa shape index (κ1) is 21.9. The molecule has 2 saturated heterocycles. The maximum absolute atomic E-state index is 11.8. The average molecular weight is 471 g/mol. The van der Waals surface area contributed by atoms with Gasteiger partial charge in [-0.3, -0.25) is 4.79 Å². The lowest BCUT2D eigenvalue weighted by molar-refractivity contribution is -0.119. The molecule has 2 aliphatic heterocycles. The van der Waals surface area contributed by atoms with Crippen LogP contribution in [-0.2, 0) is 4.79 Å². The normalized spacial score (nSPS) is 21.1. The molecule has 0 spiro atoms. The molecule has 3 aliphatic rings. The Kier molecular flexibility index (Phi) is 5.57. The quantitative estimate of drug-likeness (QED) is 0.574. The van der Waals surface area contributed by atoms with Crippen LogP contribution in [0.4, 0.5) is 5.69 Å². The van der Waals surface area contributed by atoms with Gasteiger partial charge < -0.3 is 24.8 Å². The number of amides is 1. The zero-order valence-corrected chi connectivity index (χ0v) is 20.0. The van der Waals surface area contributed by atoms with Crippen molar-refractivity contribution in [2.75, 3.05) is 37.6 Å². The molecule has 3 heterocycles. The molecule has 1 amide bonds. The molecule has 180 valence electrons. The van der Waals surface area contributed by atoms with Gasteiger partial charge >= 0.3 is 0 Å². The number of rotatable bonds is 6. The third-order valence-electron chi connectivity index (χ3n) is 7.47. The zero-order valence-electron chi connectivity index (χ0n) is 20.0. The maximum atomic E-state index is 11.8. The summed E-state index contributed by atoms with van der Waals surface area (Å²) in [6.45, 7) is 6.32. The number of hydrogen-bond acceptors (Lipinski definition) is 6. The van der Waals surface area contributed by atoms with Crippen molar-refractivity contribution in [3.05, 3.63) is 42.2 Å². The van der Waals surface area contributed by atoms with Crippen LogP contribution in [0.25, 0.3) is 22.2 Å². The van der Waals surface area contributed by atoms with Gasteiger partial charge in [-0.05, 0) is 55.2 Å². The molecule has 1 saturated carbocycles. The second-order valence-corrected chi connectivity index (χ2v) is 9.90. The molecule has 3 fully saturated rings. The molecule has 2 N–H and O–H groups in total. The Labute approximate surface area is 204 Å².